The second-order valence-corrected chi connectivity index (χ2v) is 4.21. The molecule has 0 atom stereocenters. The molecule has 0 rings (SSSR count). The molecule has 0 N–H and O–H groups in total. The molecule has 0 aliphatic carbocycles. The summed E-state index contributed by atoms with van der Waals surface area (Å²) in [5, 5.41) is 0. The number of hydrogen-bond donors (Lipinski definition) is 0. The Balaban J connectivity index is 0. The van der Waals surface area contributed by atoms with Gasteiger partial charge in [-0.1, -0.05) is 33.6 Å². The average Bonchev–Trinajstić information content (AvgIpc) is 2.05. The highest BCUT2D eigenvalue weighted by Gasteiger charge is 2.15. The summed E-state index contributed by atoms with van der Waals surface area (Å²) in [6, 6.07) is 0. The van der Waals surface area contributed by atoms with E-state index in [0.29, 0.717) is 13.2 Å². The van der Waals surface area contributed by atoms with Crippen molar-refractivity contribution in [1.82, 2.24) is 0 Å². The molecular weight excluding hydrogens is 199 g/mol. The third-order valence-electron chi connectivity index (χ3n) is 1.34. The van der Waals surface area contributed by atoms with E-state index in [9.17, 15) is 4.57 Å². The van der Waals surface area contributed by atoms with Crippen LogP contribution in [0.15, 0.2) is 0 Å². The molecule has 0 spiro atoms. The molecule has 14 heavy (non-hydrogen) atoms. The van der Waals surface area contributed by atoms with Gasteiger partial charge in [0.2, 0.25) is 0 Å². The maximum Gasteiger partial charge on any atom is 0.697 e. The van der Waals surface area contributed by atoms with Crippen LogP contribution in [0, 0.1) is 5.92 Å². The minimum absolute atomic E-state index is 0.440. The smallest absolute Gasteiger partial charge is 0.119 e. The summed E-state index contributed by atoms with van der Waals surface area (Å²) in [6.07, 6.45) is 2.71. The maximum atomic E-state index is 10.3. The van der Waals surface area contributed by atoms with Gasteiger partial charge in [0.15, 0.2) is 0 Å². The molecule has 0 aliphatic heterocycles. The Labute approximate surface area is 89.1 Å². The molecule has 0 aromatic carbocycles. The van der Waals surface area contributed by atoms with E-state index in [-0.39, 0.29) is 0 Å². The molecule has 0 saturated carbocycles. The van der Waals surface area contributed by atoms with Crippen molar-refractivity contribution >= 4 is 8.25 Å². The lowest BCUT2D eigenvalue weighted by atomic mass is 10.1. The van der Waals surface area contributed by atoms with Gasteiger partial charge in [0.25, 0.3) is 0 Å². The van der Waals surface area contributed by atoms with Gasteiger partial charge in [-0.2, -0.15) is 0 Å². The fraction of sp³-hybridized carbons (Fsp3) is 1.00. The summed E-state index contributed by atoms with van der Waals surface area (Å²) in [6.45, 7) is 11.1. The quantitative estimate of drug-likeness (QED) is 0.634. The molecule has 0 heterocycles. The van der Waals surface area contributed by atoms with E-state index in [4.69, 9.17) is 0 Å². The van der Waals surface area contributed by atoms with Gasteiger partial charge in [-0.3, -0.25) is 0 Å². The fourth-order valence-corrected chi connectivity index (χ4v) is 1.32. The first-order chi connectivity index (χ1) is 6.58. The van der Waals surface area contributed by atoms with Gasteiger partial charge in [-0.05, 0) is 19.8 Å². The topological polar surface area (TPSA) is 35.5 Å². The third kappa shape index (κ3) is 17.9. The molecule has 0 aromatic heterocycles. The summed E-state index contributed by atoms with van der Waals surface area (Å²) in [4.78, 5) is 0. The van der Waals surface area contributed by atoms with Crippen molar-refractivity contribution < 1.29 is 13.6 Å². The highest BCUT2D eigenvalue weighted by Crippen LogP contribution is 2.21. The Morgan fingerprint density at radius 3 is 1.64 bits per heavy atom. The van der Waals surface area contributed by atoms with Crippen molar-refractivity contribution in [3.05, 3.63) is 0 Å². The lowest BCUT2D eigenvalue weighted by Crippen LogP contribution is -1.81. The molecular formula is C10H24O3P+. The van der Waals surface area contributed by atoms with E-state index in [0.717, 1.165) is 5.92 Å². The van der Waals surface area contributed by atoms with E-state index < -0.39 is 8.25 Å². The molecule has 0 amide bonds. The molecule has 0 bridgehead atoms. The summed E-state index contributed by atoms with van der Waals surface area (Å²) in [5.74, 6) is 0.898. The van der Waals surface area contributed by atoms with Crippen LogP contribution in [-0.2, 0) is 13.6 Å². The second-order valence-electron chi connectivity index (χ2n) is 3.24. The van der Waals surface area contributed by atoms with Gasteiger partial charge >= 0.3 is 8.25 Å². The number of rotatable bonds is 6. The van der Waals surface area contributed by atoms with Crippen molar-refractivity contribution in [1.29, 1.82) is 0 Å². The summed E-state index contributed by atoms with van der Waals surface area (Å²) >= 11 is 0. The standard InChI is InChI=1S/C6H14.C4H10O3P/c1-4-5-6(2)3;1-3-6-8(5)7-4-2/h6H,4-5H2,1-3H3;3-4H2,1-2H3/q;+1. The molecule has 0 unspecified atom stereocenters. The Morgan fingerprint density at radius 2 is 1.50 bits per heavy atom. The zero-order chi connectivity index (χ0) is 11.4. The molecule has 86 valence electrons. The lowest BCUT2D eigenvalue weighted by Gasteiger charge is -1.95. The van der Waals surface area contributed by atoms with E-state index in [2.05, 4.69) is 29.8 Å². The lowest BCUT2D eigenvalue weighted by molar-refractivity contribution is 0.243. The van der Waals surface area contributed by atoms with Crippen LogP contribution >= 0.6 is 8.25 Å². The fourth-order valence-electron chi connectivity index (χ4n) is 0.825. The second kappa shape index (κ2) is 13.0. The molecule has 0 radical (unpaired) electrons. The summed E-state index contributed by atoms with van der Waals surface area (Å²) in [7, 11) is -1.83. The molecule has 0 aromatic rings. The van der Waals surface area contributed by atoms with Gasteiger partial charge in [0.1, 0.15) is 13.2 Å². The van der Waals surface area contributed by atoms with Crippen LogP contribution in [0.5, 0.6) is 0 Å². The van der Waals surface area contributed by atoms with Gasteiger partial charge in [0, 0.05) is 4.57 Å². The van der Waals surface area contributed by atoms with Crippen molar-refractivity contribution in [2.24, 2.45) is 5.92 Å². The predicted octanol–water partition coefficient (Wildman–Crippen LogP) is 4.16. The Hall–Kier alpha value is 0.0200. The molecule has 0 saturated heterocycles. The van der Waals surface area contributed by atoms with Crippen LogP contribution < -0.4 is 0 Å². The van der Waals surface area contributed by atoms with Crippen LogP contribution in [0.1, 0.15) is 47.5 Å². The molecule has 0 aliphatic rings. The van der Waals surface area contributed by atoms with Crippen molar-refractivity contribution in [3.8, 4) is 0 Å². The molecule has 4 heteroatoms. The van der Waals surface area contributed by atoms with Gasteiger partial charge in [-0.25, -0.2) is 0 Å². The van der Waals surface area contributed by atoms with E-state index in [1.165, 1.54) is 12.8 Å². The first kappa shape index (κ1) is 16.4. The van der Waals surface area contributed by atoms with Crippen LogP contribution in [0.4, 0.5) is 0 Å². The van der Waals surface area contributed by atoms with Crippen LogP contribution in [0.2, 0.25) is 0 Å². The van der Waals surface area contributed by atoms with Gasteiger partial charge in [-0.15, -0.1) is 9.05 Å². The maximum absolute atomic E-state index is 10.3. The summed E-state index contributed by atoms with van der Waals surface area (Å²) in [5.41, 5.74) is 0. The van der Waals surface area contributed by atoms with Crippen molar-refractivity contribution in [2.75, 3.05) is 13.2 Å². The highest BCUT2D eigenvalue weighted by molar-refractivity contribution is 7.33. The first-order valence-electron chi connectivity index (χ1n) is 5.31. The predicted molar refractivity (Wildman–Crippen MR) is 60.6 cm³/mol. The minimum Gasteiger partial charge on any atom is -0.119 e. The van der Waals surface area contributed by atoms with Crippen LogP contribution in [-0.4, -0.2) is 13.2 Å². The number of hydrogen-bond acceptors (Lipinski definition) is 3. The molecule has 0 fully saturated rings. The third-order valence-corrected chi connectivity index (χ3v) is 2.27. The molecule has 3 nitrogen and oxygen atoms in total. The zero-order valence-electron chi connectivity index (χ0n) is 10.1. The Kier molecular flexibility index (Phi) is 15.3. The van der Waals surface area contributed by atoms with Crippen molar-refractivity contribution in [3.63, 3.8) is 0 Å². The minimum atomic E-state index is -1.83. The van der Waals surface area contributed by atoms with E-state index >= 15 is 0 Å². The monoisotopic (exact) mass is 223 g/mol. The van der Waals surface area contributed by atoms with Crippen LogP contribution in [0.3, 0.4) is 0 Å². The van der Waals surface area contributed by atoms with Gasteiger partial charge < -0.3 is 0 Å². The van der Waals surface area contributed by atoms with Crippen molar-refractivity contribution in [2.45, 2.75) is 47.5 Å². The highest BCUT2D eigenvalue weighted by atomic mass is 31.1. The average molecular weight is 223 g/mol. The zero-order valence-corrected chi connectivity index (χ0v) is 11.0. The first-order valence-corrected chi connectivity index (χ1v) is 6.40. The van der Waals surface area contributed by atoms with Gasteiger partial charge in [0.05, 0.1) is 0 Å². The SMILES string of the molecule is CCCC(C)C.CCO[P+](=O)OCC. The summed E-state index contributed by atoms with van der Waals surface area (Å²) < 4.78 is 19.5. The Morgan fingerprint density at radius 1 is 1.07 bits per heavy atom. The largest absolute Gasteiger partial charge is 0.697 e. The van der Waals surface area contributed by atoms with Crippen LogP contribution in [0.25, 0.3) is 0 Å². The normalized spacial score (nSPS) is 9.57. The van der Waals surface area contributed by atoms with E-state index in [1.807, 2.05) is 0 Å². The van der Waals surface area contributed by atoms with E-state index in [1.54, 1.807) is 13.8 Å². The Bertz CT molecular complexity index is 119.